The number of halogens is 4. The van der Waals surface area contributed by atoms with Gasteiger partial charge < -0.3 is 10.6 Å². The summed E-state index contributed by atoms with van der Waals surface area (Å²) in [4.78, 5) is 4.17. The highest BCUT2D eigenvalue weighted by Gasteiger charge is 2.50. The van der Waals surface area contributed by atoms with E-state index in [9.17, 15) is 21.6 Å². The van der Waals surface area contributed by atoms with Gasteiger partial charge in [0.05, 0.1) is 0 Å². The van der Waals surface area contributed by atoms with Crippen LogP contribution in [0.25, 0.3) is 0 Å². The Hall–Kier alpha value is -1.08. The Bertz CT molecular complexity index is 824. The number of piperidine rings is 1. The molecule has 30 heavy (non-hydrogen) atoms. The molecule has 0 aliphatic carbocycles. The number of hydrogen-bond donors (Lipinski definition) is 2. The van der Waals surface area contributed by atoms with Crippen LogP contribution >= 0.6 is 24.0 Å². The number of alkyl halides is 3. The zero-order chi connectivity index (χ0) is 21.7. The topological polar surface area (TPSA) is 73.8 Å². The van der Waals surface area contributed by atoms with Crippen molar-refractivity contribution in [1.29, 1.82) is 0 Å². The van der Waals surface area contributed by atoms with E-state index in [0.29, 0.717) is 36.2 Å². The van der Waals surface area contributed by atoms with Crippen LogP contribution < -0.4 is 10.6 Å². The van der Waals surface area contributed by atoms with E-state index in [0.717, 1.165) is 6.42 Å². The Labute approximate surface area is 193 Å². The Kier molecular flexibility index (Phi) is 10.3. The molecule has 11 heteroatoms. The van der Waals surface area contributed by atoms with Crippen molar-refractivity contribution in [2.24, 2.45) is 10.9 Å². The Morgan fingerprint density at radius 2 is 1.83 bits per heavy atom. The largest absolute Gasteiger partial charge is 0.511 e. The smallest absolute Gasteiger partial charge is 0.356 e. The molecule has 1 fully saturated rings. The van der Waals surface area contributed by atoms with Gasteiger partial charge in [-0.3, -0.25) is 4.99 Å². The molecule has 0 saturated carbocycles. The molecule has 1 heterocycles. The van der Waals surface area contributed by atoms with Crippen LogP contribution in [0.5, 0.6) is 0 Å². The van der Waals surface area contributed by atoms with E-state index in [2.05, 4.69) is 47.7 Å². The minimum Gasteiger partial charge on any atom is -0.356 e. The van der Waals surface area contributed by atoms with E-state index in [1.54, 1.807) is 7.05 Å². The number of guanidine groups is 1. The number of aryl methyl sites for hydroxylation is 2. The molecule has 0 amide bonds. The summed E-state index contributed by atoms with van der Waals surface area (Å²) in [5, 5.41) is 6.42. The molecule has 0 atom stereocenters. The summed E-state index contributed by atoms with van der Waals surface area (Å²) in [6.45, 7) is 5.14. The summed E-state index contributed by atoms with van der Waals surface area (Å²) in [7, 11) is -3.57. The van der Waals surface area contributed by atoms with E-state index in [-0.39, 0.29) is 43.0 Å². The fourth-order valence-corrected chi connectivity index (χ4v) is 4.39. The first-order valence-electron chi connectivity index (χ1n) is 9.61. The van der Waals surface area contributed by atoms with Crippen molar-refractivity contribution in [3.8, 4) is 0 Å². The van der Waals surface area contributed by atoms with E-state index in [1.807, 2.05) is 0 Å². The highest BCUT2D eigenvalue weighted by molar-refractivity contribution is 14.0. The first-order valence-corrected chi connectivity index (χ1v) is 11.1. The van der Waals surface area contributed by atoms with E-state index >= 15 is 0 Å². The van der Waals surface area contributed by atoms with Gasteiger partial charge in [0.25, 0.3) is 0 Å². The predicted octanol–water partition coefficient (Wildman–Crippen LogP) is 3.19. The molecule has 1 aliphatic rings. The Morgan fingerprint density at radius 3 is 2.37 bits per heavy atom. The summed E-state index contributed by atoms with van der Waals surface area (Å²) in [6, 6.07) is 6.35. The number of sulfonamides is 1. The molecular formula is C19H30F3IN4O2S. The van der Waals surface area contributed by atoms with Crippen LogP contribution in [-0.4, -0.2) is 57.4 Å². The van der Waals surface area contributed by atoms with Crippen molar-refractivity contribution < 1.29 is 21.6 Å². The number of nitrogens with one attached hydrogen (secondary N) is 2. The Balaban J connectivity index is 0.00000450. The summed E-state index contributed by atoms with van der Waals surface area (Å²) in [6.07, 6.45) is 1.60. The molecule has 172 valence electrons. The molecule has 0 spiro atoms. The zero-order valence-electron chi connectivity index (χ0n) is 17.4. The van der Waals surface area contributed by atoms with Gasteiger partial charge >= 0.3 is 15.5 Å². The molecule has 2 rings (SSSR count). The third-order valence-electron chi connectivity index (χ3n) is 5.17. The molecule has 2 N–H and O–H groups in total. The van der Waals surface area contributed by atoms with Crippen LogP contribution in [0.4, 0.5) is 13.2 Å². The van der Waals surface area contributed by atoms with Gasteiger partial charge in [0.1, 0.15) is 0 Å². The predicted molar refractivity (Wildman–Crippen MR) is 124 cm³/mol. The Morgan fingerprint density at radius 1 is 1.20 bits per heavy atom. The molecule has 1 aromatic rings. The number of benzene rings is 1. The summed E-state index contributed by atoms with van der Waals surface area (Å²) < 4.78 is 61.4. The molecular weight excluding hydrogens is 532 g/mol. The van der Waals surface area contributed by atoms with Gasteiger partial charge in [0.15, 0.2) is 5.96 Å². The van der Waals surface area contributed by atoms with Gasteiger partial charge in [0.2, 0.25) is 0 Å². The molecule has 0 radical (unpaired) electrons. The van der Waals surface area contributed by atoms with Gasteiger partial charge in [-0.15, -0.1) is 24.0 Å². The minimum atomic E-state index is -5.24. The molecule has 1 saturated heterocycles. The van der Waals surface area contributed by atoms with Crippen molar-refractivity contribution in [2.45, 2.75) is 38.6 Å². The van der Waals surface area contributed by atoms with Gasteiger partial charge in [-0.25, -0.2) is 8.42 Å². The van der Waals surface area contributed by atoms with Gasteiger partial charge in [-0.2, -0.15) is 17.5 Å². The number of aliphatic imine (C=N–C) groups is 1. The highest BCUT2D eigenvalue weighted by atomic mass is 127. The van der Waals surface area contributed by atoms with Crippen molar-refractivity contribution in [3.63, 3.8) is 0 Å². The SMILES string of the molecule is CN=C(NCCc1ccc(C)cc1C)NCC1CCN(S(=O)(=O)C(F)(F)F)CC1.I. The normalized spacial score (nSPS) is 16.8. The quantitative estimate of drug-likeness (QED) is 0.318. The third kappa shape index (κ3) is 7.26. The summed E-state index contributed by atoms with van der Waals surface area (Å²) in [5.41, 5.74) is -1.50. The second-order valence-corrected chi connectivity index (χ2v) is 9.28. The molecule has 1 aliphatic heterocycles. The second kappa shape index (κ2) is 11.5. The lowest BCUT2D eigenvalue weighted by atomic mass is 9.98. The van der Waals surface area contributed by atoms with Crippen molar-refractivity contribution in [1.82, 2.24) is 14.9 Å². The van der Waals surface area contributed by atoms with Crippen LogP contribution in [0, 0.1) is 19.8 Å². The molecule has 0 bridgehead atoms. The molecule has 0 aromatic heterocycles. The summed E-state index contributed by atoms with van der Waals surface area (Å²) in [5.74, 6) is 0.715. The number of nitrogens with zero attached hydrogens (tertiary/aromatic N) is 2. The van der Waals surface area contributed by atoms with Crippen molar-refractivity contribution in [2.75, 3.05) is 33.2 Å². The standard InChI is InChI=1S/C19H29F3N4O2S.HI/c1-14-4-5-17(15(2)12-14)6-9-24-18(23-3)25-13-16-7-10-26(11-8-16)29(27,28)19(20,21)22;/h4-5,12,16H,6-11,13H2,1-3H3,(H2,23,24,25);1H. The fraction of sp³-hybridized carbons (Fsp3) is 0.632. The van der Waals surface area contributed by atoms with Gasteiger partial charge in [-0.05, 0) is 50.2 Å². The van der Waals surface area contributed by atoms with Crippen LogP contribution in [0.15, 0.2) is 23.2 Å². The molecule has 0 unspecified atom stereocenters. The van der Waals surface area contributed by atoms with E-state index in [4.69, 9.17) is 0 Å². The lowest BCUT2D eigenvalue weighted by Gasteiger charge is -2.31. The van der Waals surface area contributed by atoms with Crippen molar-refractivity contribution in [3.05, 3.63) is 34.9 Å². The fourth-order valence-electron chi connectivity index (χ4n) is 3.40. The zero-order valence-corrected chi connectivity index (χ0v) is 20.6. The van der Waals surface area contributed by atoms with Gasteiger partial charge in [0, 0.05) is 33.2 Å². The average Bonchev–Trinajstić information content (AvgIpc) is 2.65. The summed E-state index contributed by atoms with van der Waals surface area (Å²) >= 11 is 0. The maximum Gasteiger partial charge on any atom is 0.511 e. The lowest BCUT2D eigenvalue weighted by Crippen LogP contribution is -2.47. The molecule has 1 aromatic carbocycles. The first kappa shape index (κ1) is 27.0. The monoisotopic (exact) mass is 562 g/mol. The maximum absolute atomic E-state index is 12.6. The number of hydrogen-bond acceptors (Lipinski definition) is 3. The third-order valence-corrected chi connectivity index (χ3v) is 6.80. The van der Waals surface area contributed by atoms with E-state index in [1.165, 1.54) is 16.7 Å². The van der Waals surface area contributed by atoms with Crippen LogP contribution in [-0.2, 0) is 16.4 Å². The van der Waals surface area contributed by atoms with Crippen LogP contribution in [0.2, 0.25) is 0 Å². The maximum atomic E-state index is 12.6. The van der Waals surface area contributed by atoms with Crippen LogP contribution in [0.3, 0.4) is 0 Å². The minimum absolute atomic E-state index is 0. The first-order chi connectivity index (χ1) is 13.5. The van der Waals surface area contributed by atoms with Crippen LogP contribution in [0.1, 0.15) is 29.5 Å². The average molecular weight is 562 g/mol. The number of rotatable bonds is 6. The van der Waals surface area contributed by atoms with Crippen molar-refractivity contribution >= 4 is 40.0 Å². The second-order valence-electron chi connectivity index (χ2n) is 7.35. The van der Waals surface area contributed by atoms with E-state index < -0.39 is 15.5 Å². The highest BCUT2D eigenvalue weighted by Crippen LogP contribution is 2.30. The van der Waals surface area contributed by atoms with Gasteiger partial charge in [-0.1, -0.05) is 23.8 Å². The lowest BCUT2D eigenvalue weighted by molar-refractivity contribution is -0.0496. The molecule has 6 nitrogen and oxygen atoms in total.